The molecule has 0 aromatic heterocycles. The van der Waals surface area contributed by atoms with Gasteiger partial charge in [0, 0.05) is 36.8 Å². The lowest BCUT2D eigenvalue weighted by Gasteiger charge is -2.46. The first-order valence-corrected chi connectivity index (χ1v) is 23.3. The third-order valence-electron chi connectivity index (χ3n) is 14.0. The molecule has 364 valence electrons. The number of ether oxygens (including phenoxy) is 10. The van der Waals surface area contributed by atoms with E-state index in [-0.39, 0.29) is 24.0 Å². The molecule has 0 bridgehead atoms. The molecule has 0 fully saturated rings. The summed E-state index contributed by atoms with van der Waals surface area (Å²) in [4.78, 5) is 26.4. The Bertz CT molecular complexity index is 2160. The average Bonchev–Trinajstić information content (AvgIpc) is 3.35. The molecular weight excluding hydrogens is 857 g/mol. The second-order valence-electron chi connectivity index (χ2n) is 18.0. The molecule has 14 nitrogen and oxygen atoms in total. The number of carbonyl (C=O) groups excluding carboxylic acids is 2. The van der Waals surface area contributed by atoms with Gasteiger partial charge in [0.05, 0.1) is 123 Å². The zero-order chi connectivity index (χ0) is 48.1. The van der Waals surface area contributed by atoms with Gasteiger partial charge in [-0.2, -0.15) is 0 Å². The Balaban J connectivity index is 0.987. The molecule has 0 amide bonds. The standard InChI is InChI=1S/C53H72N2O12/c1-54(22-18-38-32-48(62-7)50(64-9)34-40(38)42(54)28-36-14-16-44(58-3)46(30-36)60-5)24-20-52(56)66-26-12-11-13-27-67-53(57)21-25-55(2)23-19-39-33-49(63-8)51(65-10)35-41(39)43(55)29-37-15-17-45(59-4)47(31-37)61-6/h14-17,30-35,42-43H,11-13,18-29H2,1-10H3/q+2/t42-,43+,54-,55-/m0/s1. The van der Waals surface area contributed by atoms with Crippen molar-refractivity contribution in [2.45, 2.75) is 69.9 Å². The number of rotatable bonds is 24. The van der Waals surface area contributed by atoms with Gasteiger partial charge in [0.25, 0.3) is 0 Å². The quantitative estimate of drug-likeness (QED) is 0.0383. The SMILES string of the molecule is COc1ccc(C[C@@H]2c3cc(OC)c(OC)cc3CC[N@@+]2(C)CCC(=O)OCCCCCOC(=O)CC[N@+]2(C)CCc3cc(OC)c(OC)cc3[C@@H]2Cc2ccc(OC)c(OC)c2)cc1OC. The monoisotopic (exact) mass is 929 g/mol. The fraction of sp³-hybridized carbons (Fsp3) is 0.509. The lowest BCUT2D eigenvalue weighted by molar-refractivity contribution is -0.940. The topological polar surface area (TPSA) is 126 Å². The van der Waals surface area contributed by atoms with Crippen molar-refractivity contribution in [1.29, 1.82) is 0 Å². The van der Waals surface area contributed by atoms with Crippen LogP contribution in [0.25, 0.3) is 0 Å². The molecule has 0 unspecified atom stereocenters. The highest BCUT2D eigenvalue weighted by atomic mass is 16.5. The number of likely N-dealkylation sites (N-methyl/N-ethyl adjacent to an activating group) is 2. The van der Waals surface area contributed by atoms with E-state index in [1.807, 2.05) is 24.3 Å². The van der Waals surface area contributed by atoms with E-state index in [9.17, 15) is 9.59 Å². The lowest BCUT2D eigenvalue weighted by atomic mass is 9.86. The summed E-state index contributed by atoms with van der Waals surface area (Å²) in [6, 6.07) is 20.5. The van der Waals surface area contributed by atoms with E-state index < -0.39 is 0 Å². The Morgan fingerprint density at radius 2 is 0.806 bits per heavy atom. The minimum Gasteiger partial charge on any atom is -0.493 e. The Morgan fingerprint density at radius 1 is 0.463 bits per heavy atom. The number of esters is 2. The third-order valence-corrected chi connectivity index (χ3v) is 14.0. The Morgan fingerprint density at radius 3 is 1.16 bits per heavy atom. The average molecular weight is 929 g/mol. The van der Waals surface area contributed by atoms with Crippen molar-refractivity contribution in [3.05, 3.63) is 94.0 Å². The van der Waals surface area contributed by atoms with Gasteiger partial charge in [-0.25, -0.2) is 0 Å². The van der Waals surface area contributed by atoms with E-state index in [1.54, 1.807) is 56.9 Å². The van der Waals surface area contributed by atoms with E-state index in [1.165, 1.54) is 22.3 Å². The molecule has 4 atom stereocenters. The molecule has 14 heteroatoms. The second kappa shape index (κ2) is 23.2. The fourth-order valence-electron chi connectivity index (χ4n) is 9.91. The number of hydrogen-bond acceptors (Lipinski definition) is 12. The lowest BCUT2D eigenvalue weighted by Crippen LogP contribution is -2.53. The molecule has 0 spiro atoms. The fourth-order valence-corrected chi connectivity index (χ4v) is 9.91. The maximum absolute atomic E-state index is 13.2. The molecule has 0 N–H and O–H groups in total. The molecule has 2 heterocycles. The zero-order valence-electron chi connectivity index (χ0n) is 41.3. The highest BCUT2D eigenvalue weighted by molar-refractivity contribution is 5.69. The second-order valence-corrected chi connectivity index (χ2v) is 18.0. The van der Waals surface area contributed by atoms with Crippen LogP contribution in [0.4, 0.5) is 0 Å². The van der Waals surface area contributed by atoms with Crippen molar-refractivity contribution >= 4 is 11.9 Å². The van der Waals surface area contributed by atoms with Crippen molar-refractivity contribution in [3.63, 3.8) is 0 Å². The van der Waals surface area contributed by atoms with Gasteiger partial charge in [0.15, 0.2) is 46.0 Å². The van der Waals surface area contributed by atoms with Gasteiger partial charge in [0.2, 0.25) is 0 Å². The van der Waals surface area contributed by atoms with Gasteiger partial charge in [-0.1, -0.05) is 12.1 Å². The number of benzene rings is 4. The largest absolute Gasteiger partial charge is 0.493 e. The molecule has 4 aromatic rings. The first-order valence-electron chi connectivity index (χ1n) is 23.3. The van der Waals surface area contributed by atoms with Crippen LogP contribution in [-0.4, -0.2) is 131 Å². The number of nitrogens with zero attached hydrogens (tertiary/aromatic N) is 2. The number of unbranched alkanes of at least 4 members (excludes halogenated alkanes) is 2. The van der Waals surface area contributed by atoms with Gasteiger partial charge in [-0.05, 0) is 90.0 Å². The Hall–Kier alpha value is -5.86. The molecule has 0 radical (unpaired) electrons. The normalized spacial score (nSPS) is 19.6. The van der Waals surface area contributed by atoms with E-state index in [0.29, 0.717) is 107 Å². The number of quaternary nitrogens is 2. The Labute approximate surface area is 397 Å². The third kappa shape index (κ3) is 12.0. The van der Waals surface area contributed by atoms with Crippen LogP contribution >= 0.6 is 0 Å². The molecule has 67 heavy (non-hydrogen) atoms. The number of methoxy groups -OCH3 is 8. The van der Waals surface area contributed by atoms with Crippen LogP contribution in [-0.2, 0) is 44.7 Å². The minimum atomic E-state index is -0.215. The van der Waals surface area contributed by atoms with Crippen molar-refractivity contribution in [3.8, 4) is 46.0 Å². The molecule has 4 aromatic carbocycles. The van der Waals surface area contributed by atoms with Crippen LogP contribution < -0.4 is 37.9 Å². The van der Waals surface area contributed by atoms with Crippen molar-refractivity contribution < 1.29 is 65.9 Å². The summed E-state index contributed by atoms with van der Waals surface area (Å²) in [5.74, 6) is 5.06. The molecule has 2 aliphatic rings. The predicted molar refractivity (Wildman–Crippen MR) is 255 cm³/mol. The van der Waals surface area contributed by atoms with Gasteiger partial charge in [-0.15, -0.1) is 0 Å². The van der Waals surface area contributed by atoms with Crippen LogP contribution in [0.3, 0.4) is 0 Å². The van der Waals surface area contributed by atoms with E-state index in [4.69, 9.17) is 47.4 Å². The molecular formula is C53H72N2O12+2. The van der Waals surface area contributed by atoms with E-state index in [2.05, 4.69) is 50.5 Å². The van der Waals surface area contributed by atoms with Gasteiger partial charge < -0.3 is 56.3 Å². The highest BCUT2D eigenvalue weighted by Crippen LogP contribution is 2.45. The van der Waals surface area contributed by atoms with Crippen LogP contribution in [0.1, 0.15) is 77.6 Å². The van der Waals surface area contributed by atoms with Gasteiger partial charge in [0.1, 0.15) is 12.1 Å². The van der Waals surface area contributed by atoms with Crippen LogP contribution in [0.2, 0.25) is 0 Å². The Kier molecular flexibility index (Phi) is 17.5. The minimum absolute atomic E-state index is 0.0393. The summed E-state index contributed by atoms with van der Waals surface area (Å²) >= 11 is 0. The molecule has 0 aliphatic carbocycles. The summed E-state index contributed by atoms with van der Waals surface area (Å²) in [5.41, 5.74) is 7.00. The summed E-state index contributed by atoms with van der Waals surface area (Å²) in [7, 11) is 17.6. The summed E-state index contributed by atoms with van der Waals surface area (Å²) < 4.78 is 57.8. The van der Waals surface area contributed by atoms with E-state index >= 15 is 0 Å². The number of carbonyl (C=O) groups is 2. The summed E-state index contributed by atoms with van der Waals surface area (Å²) in [6.45, 7) is 3.57. The molecule has 2 aliphatic heterocycles. The van der Waals surface area contributed by atoms with E-state index in [0.717, 1.165) is 56.3 Å². The number of hydrogen-bond donors (Lipinski definition) is 0. The first-order chi connectivity index (χ1) is 32.4. The first kappa shape index (κ1) is 50.6. The van der Waals surface area contributed by atoms with Gasteiger partial charge >= 0.3 is 11.9 Å². The van der Waals surface area contributed by atoms with Crippen LogP contribution in [0.5, 0.6) is 46.0 Å². The molecule has 6 rings (SSSR count). The molecule has 0 saturated carbocycles. The van der Waals surface area contributed by atoms with Crippen molar-refractivity contribution in [1.82, 2.24) is 0 Å². The van der Waals surface area contributed by atoms with Crippen LogP contribution in [0, 0.1) is 0 Å². The van der Waals surface area contributed by atoms with Crippen LogP contribution in [0.15, 0.2) is 60.7 Å². The highest BCUT2D eigenvalue weighted by Gasteiger charge is 2.42. The van der Waals surface area contributed by atoms with Crippen molar-refractivity contribution in [2.75, 3.05) is 110 Å². The summed E-state index contributed by atoms with van der Waals surface area (Å²) in [5, 5.41) is 0. The maximum atomic E-state index is 13.2. The smallest absolute Gasteiger partial charge is 0.311 e. The zero-order valence-corrected chi connectivity index (χ0v) is 41.3. The van der Waals surface area contributed by atoms with Gasteiger partial charge in [-0.3, -0.25) is 9.59 Å². The van der Waals surface area contributed by atoms with Crippen molar-refractivity contribution in [2.24, 2.45) is 0 Å². The molecule has 0 saturated heterocycles. The maximum Gasteiger partial charge on any atom is 0.311 e. The summed E-state index contributed by atoms with van der Waals surface area (Å²) in [6.07, 6.45) is 5.85. The predicted octanol–water partition coefficient (Wildman–Crippen LogP) is 8.07. The number of fused-ring (bicyclic) bond motifs is 2.